The Hall–Kier alpha value is -1.50. The molecule has 1 nitrogen and oxygen atoms in total. The summed E-state index contributed by atoms with van der Waals surface area (Å²) in [7, 11) is 0. The fourth-order valence-corrected chi connectivity index (χ4v) is 3.42. The van der Waals surface area contributed by atoms with Crippen LogP contribution >= 0.6 is 0 Å². The van der Waals surface area contributed by atoms with Gasteiger partial charge in [0.2, 0.25) is 0 Å². The van der Waals surface area contributed by atoms with Crippen LogP contribution in [0.15, 0.2) is 47.6 Å². The molecule has 120 valence electrons. The van der Waals surface area contributed by atoms with Crippen LogP contribution in [0.5, 0.6) is 5.75 Å². The van der Waals surface area contributed by atoms with Gasteiger partial charge in [-0.1, -0.05) is 77.5 Å². The molecule has 0 bridgehead atoms. The minimum Gasteiger partial charge on any atom is -0.508 e. The van der Waals surface area contributed by atoms with Crippen molar-refractivity contribution in [3.05, 3.63) is 53.1 Å². The van der Waals surface area contributed by atoms with Crippen molar-refractivity contribution in [1.82, 2.24) is 0 Å². The number of phenols is 1. The van der Waals surface area contributed by atoms with Gasteiger partial charge in [-0.2, -0.15) is 0 Å². The summed E-state index contributed by atoms with van der Waals surface area (Å²) >= 11 is 0. The summed E-state index contributed by atoms with van der Waals surface area (Å²) in [6.07, 6.45) is 5.80. The largest absolute Gasteiger partial charge is 0.508 e. The molecule has 0 fully saturated rings. The van der Waals surface area contributed by atoms with Gasteiger partial charge in [0.25, 0.3) is 0 Å². The average molecular weight is 298 g/mol. The van der Waals surface area contributed by atoms with Crippen molar-refractivity contribution in [2.75, 3.05) is 0 Å². The molecule has 1 aromatic carbocycles. The summed E-state index contributed by atoms with van der Waals surface area (Å²) in [4.78, 5) is 0. The Balaban J connectivity index is 2.66. The molecule has 1 aromatic rings. The molecule has 1 unspecified atom stereocenters. The standard InChI is InChI=1S/C21H30O/c1-14(2)17-11-18(15(3)4)13-21(12-17,16(5)6)19-9-7-8-10-20(19)22/h7-12,14-16,22H,13H2,1-6H3. The molecule has 0 heterocycles. The lowest BCUT2D eigenvalue weighted by Gasteiger charge is -2.41. The molecule has 1 N–H and O–H groups in total. The maximum atomic E-state index is 10.5. The highest BCUT2D eigenvalue weighted by molar-refractivity contribution is 5.49. The zero-order valence-electron chi connectivity index (χ0n) is 14.9. The second-order valence-corrected chi connectivity index (χ2v) is 7.56. The Bertz CT molecular complexity index is 590. The first-order valence-corrected chi connectivity index (χ1v) is 8.49. The number of hydrogen-bond acceptors (Lipinski definition) is 1. The topological polar surface area (TPSA) is 20.2 Å². The molecule has 1 aliphatic rings. The Labute approximate surface area is 135 Å². The highest BCUT2D eigenvalue weighted by Crippen LogP contribution is 2.48. The lowest BCUT2D eigenvalue weighted by Crippen LogP contribution is -2.34. The molecule has 0 radical (unpaired) electrons. The van der Waals surface area contributed by atoms with Crippen LogP contribution in [-0.4, -0.2) is 5.11 Å². The summed E-state index contributed by atoms with van der Waals surface area (Å²) in [5.41, 5.74) is 3.84. The SMILES string of the molecule is CC(C)C1=CC(c2ccccc2O)(C(C)C)CC(C(C)C)=C1. The molecule has 0 aromatic heterocycles. The molecule has 0 spiro atoms. The van der Waals surface area contributed by atoms with Gasteiger partial charge in [0, 0.05) is 11.0 Å². The maximum absolute atomic E-state index is 10.5. The van der Waals surface area contributed by atoms with E-state index in [0.717, 1.165) is 12.0 Å². The number of phenolic OH excluding ortho intramolecular Hbond substituents is 1. The summed E-state index contributed by atoms with van der Waals surface area (Å²) in [5, 5.41) is 10.5. The van der Waals surface area contributed by atoms with E-state index in [9.17, 15) is 5.11 Å². The minimum absolute atomic E-state index is 0.112. The first kappa shape index (κ1) is 16.9. The van der Waals surface area contributed by atoms with Gasteiger partial charge >= 0.3 is 0 Å². The smallest absolute Gasteiger partial charge is 0.119 e. The number of allylic oxidation sites excluding steroid dienone is 4. The average Bonchev–Trinajstić information content (AvgIpc) is 2.46. The van der Waals surface area contributed by atoms with Crippen LogP contribution in [0.2, 0.25) is 0 Å². The van der Waals surface area contributed by atoms with E-state index in [-0.39, 0.29) is 5.41 Å². The van der Waals surface area contributed by atoms with Crippen molar-refractivity contribution >= 4 is 0 Å². The first-order valence-electron chi connectivity index (χ1n) is 8.49. The van der Waals surface area contributed by atoms with Crippen LogP contribution in [0, 0.1) is 17.8 Å². The highest BCUT2D eigenvalue weighted by atomic mass is 16.3. The van der Waals surface area contributed by atoms with E-state index < -0.39 is 0 Å². The van der Waals surface area contributed by atoms with E-state index in [4.69, 9.17) is 0 Å². The van der Waals surface area contributed by atoms with Gasteiger partial charge in [-0.3, -0.25) is 0 Å². The number of aromatic hydroxyl groups is 1. The molecular formula is C21H30O. The van der Waals surface area contributed by atoms with Crippen LogP contribution in [0.25, 0.3) is 0 Å². The summed E-state index contributed by atoms with van der Waals surface area (Å²) in [6.45, 7) is 13.6. The van der Waals surface area contributed by atoms with Crippen LogP contribution in [-0.2, 0) is 5.41 Å². The van der Waals surface area contributed by atoms with Crippen molar-refractivity contribution in [2.24, 2.45) is 17.8 Å². The van der Waals surface area contributed by atoms with Gasteiger partial charge in [-0.05, 0) is 35.8 Å². The molecule has 0 saturated carbocycles. The van der Waals surface area contributed by atoms with Gasteiger partial charge in [-0.15, -0.1) is 0 Å². The van der Waals surface area contributed by atoms with Crippen molar-refractivity contribution in [3.8, 4) is 5.75 Å². The highest BCUT2D eigenvalue weighted by Gasteiger charge is 2.39. The number of benzene rings is 1. The lowest BCUT2D eigenvalue weighted by atomic mass is 9.62. The Morgan fingerprint density at radius 1 is 0.955 bits per heavy atom. The molecule has 22 heavy (non-hydrogen) atoms. The van der Waals surface area contributed by atoms with E-state index in [2.05, 4.69) is 59.8 Å². The minimum atomic E-state index is -0.112. The van der Waals surface area contributed by atoms with Gasteiger partial charge in [-0.25, -0.2) is 0 Å². The van der Waals surface area contributed by atoms with E-state index in [1.54, 1.807) is 0 Å². The molecule has 0 aliphatic heterocycles. The van der Waals surface area contributed by atoms with Crippen LogP contribution < -0.4 is 0 Å². The van der Waals surface area contributed by atoms with Crippen LogP contribution in [0.3, 0.4) is 0 Å². The Morgan fingerprint density at radius 3 is 2.09 bits per heavy atom. The van der Waals surface area contributed by atoms with E-state index in [0.29, 0.717) is 23.5 Å². The second-order valence-electron chi connectivity index (χ2n) is 7.56. The Kier molecular flexibility index (Phi) is 4.84. The van der Waals surface area contributed by atoms with Crippen LogP contribution in [0.1, 0.15) is 53.5 Å². The second kappa shape index (κ2) is 6.32. The third kappa shape index (κ3) is 2.99. The fraction of sp³-hybridized carbons (Fsp3) is 0.524. The molecule has 1 aliphatic carbocycles. The van der Waals surface area contributed by atoms with Crippen molar-refractivity contribution in [2.45, 2.75) is 53.4 Å². The van der Waals surface area contributed by atoms with Gasteiger partial charge in [0.15, 0.2) is 0 Å². The zero-order valence-corrected chi connectivity index (χ0v) is 14.9. The maximum Gasteiger partial charge on any atom is 0.119 e. The van der Waals surface area contributed by atoms with Gasteiger partial charge < -0.3 is 5.11 Å². The third-order valence-corrected chi connectivity index (χ3v) is 5.12. The Morgan fingerprint density at radius 2 is 1.59 bits per heavy atom. The molecule has 1 atom stereocenters. The predicted molar refractivity (Wildman–Crippen MR) is 95.1 cm³/mol. The van der Waals surface area contributed by atoms with Crippen molar-refractivity contribution < 1.29 is 5.11 Å². The monoisotopic (exact) mass is 298 g/mol. The molecule has 2 rings (SSSR count). The summed E-state index contributed by atoms with van der Waals surface area (Å²) in [6, 6.07) is 7.85. The quantitative estimate of drug-likeness (QED) is 0.738. The van der Waals surface area contributed by atoms with Crippen LogP contribution in [0.4, 0.5) is 0 Å². The third-order valence-electron chi connectivity index (χ3n) is 5.12. The predicted octanol–water partition coefficient (Wildman–Crippen LogP) is 5.85. The summed E-state index contributed by atoms with van der Waals surface area (Å²) < 4.78 is 0. The number of rotatable bonds is 4. The number of para-hydroxylation sites is 1. The molecular weight excluding hydrogens is 268 g/mol. The molecule has 0 amide bonds. The zero-order chi connectivity index (χ0) is 16.5. The van der Waals surface area contributed by atoms with Crippen molar-refractivity contribution in [1.29, 1.82) is 0 Å². The number of hydrogen-bond donors (Lipinski definition) is 1. The lowest BCUT2D eigenvalue weighted by molar-refractivity contribution is 0.344. The van der Waals surface area contributed by atoms with Gasteiger partial charge in [0.1, 0.15) is 5.75 Å². The molecule has 1 heteroatoms. The fourth-order valence-electron chi connectivity index (χ4n) is 3.42. The van der Waals surface area contributed by atoms with E-state index in [1.165, 1.54) is 11.1 Å². The first-order chi connectivity index (χ1) is 10.3. The molecule has 0 saturated heterocycles. The van der Waals surface area contributed by atoms with Crippen molar-refractivity contribution in [3.63, 3.8) is 0 Å². The van der Waals surface area contributed by atoms with E-state index >= 15 is 0 Å². The summed E-state index contributed by atoms with van der Waals surface area (Å²) in [5.74, 6) is 1.88. The van der Waals surface area contributed by atoms with Gasteiger partial charge in [0.05, 0.1) is 0 Å². The van der Waals surface area contributed by atoms with E-state index in [1.807, 2.05) is 18.2 Å². The normalized spacial score (nSPS) is 22.2.